The van der Waals surface area contributed by atoms with Crippen LogP contribution in [0.25, 0.3) is 6.08 Å². The Morgan fingerprint density at radius 2 is 1.65 bits per heavy atom. The standard InChI is InChI=1S/C25H15Br3Cl2N2O5/c1-36-19-10-13(20(27)21(28)22(19)37-11-12-2-7-17(29)18(30)8-12)9-16-23(33)31-25(35)32(24(16)34)15-5-3-14(26)4-6-15/h2-10H,11H2,1H3,(H,31,33,35)/b16-9+. The van der Waals surface area contributed by atoms with E-state index in [0.717, 1.165) is 14.9 Å². The van der Waals surface area contributed by atoms with E-state index in [4.69, 9.17) is 32.7 Å². The van der Waals surface area contributed by atoms with Gasteiger partial charge in [-0.25, -0.2) is 9.69 Å². The Kier molecular flexibility index (Phi) is 8.65. The van der Waals surface area contributed by atoms with Crippen LogP contribution in [0, 0.1) is 0 Å². The molecule has 1 aliphatic heterocycles. The summed E-state index contributed by atoms with van der Waals surface area (Å²) in [6.07, 6.45) is 1.37. The first-order valence-electron chi connectivity index (χ1n) is 10.4. The van der Waals surface area contributed by atoms with E-state index >= 15 is 0 Å². The Morgan fingerprint density at radius 3 is 2.30 bits per heavy atom. The van der Waals surface area contributed by atoms with Crippen LogP contribution in [-0.4, -0.2) is 25.0 Å². The highest BCUT2D eigenvalue weighted by Crippen LogP contribution is 2.44. The summed E-state index contributed by atoms with van der Waals surface area (Å²) in [5.41, 5.74) is 1.30. The number of benzene rings is 3. The van der Waals surface area contributed by atoms with Crippen LogP contribution in [0.4, 0.5) is 10.5 Å². The molecule has 0 atom stereocenters. The Balaban J connectivity index is 1.68. The molecule has 0 spiro atoms. The number of hydrogen-bond donors (Lipinski definition) is 1. The number of methoxy groups -OCH3 is 1. The van der Waals surface area contributed by atoms with E-state index in [1.54, 1.807) is 48.5 Å². The molecule has 1 saturated heterocycles. The fraction of sp³-hybridized carbons (Fsp3) is 0.0800. The summed E-state index contributed by atoms with van der Waals surface area (Å²) in [7, 11) is 1.46. The zero-order valence-electron chi connectivity index (χ0n) is 18.8. The van der Waals surface area contributed by atoms with Gasteiger partial charge in [0.1, 0.15) is 12.2 Å². The van der Waals surface area contributed by atoms with Crippen LogP contribution in [0.15, 0.2) is 67.5 Å². The molecule has 0 unspecified atom stereocenters. The van der Waals surface area contributed by atoms with Gasteiger partial charge in [-0.2, -0.15) is 0 Å². The van der Waals surface area contributed by atoms with Gasteiger partial charge in [-0.1, -0.05) is 45.2 Å². The highest BCUT2D eigenvalue weighted by molar-refractivity contribution is 9.13. The summed E-state index contributed by atoms with van der Waals surface area (Å²) >= 11 is 22.4. The molecule has 190 valence electrons. The highest BCUT2D eigenvalue weighted by Gasteiger charge is 2.37. The van der Waals surface area contributed by atoms with Crippen molar-refractivity contribution in [3.05, 3.63) is 88.7 Å². The van der Waals surface area contributed by atoms with Gasteiger partial charge in [-0.3, -0.25) is 14.9 Å². The van der Waals surface area contributed by atoms with Crippen molar-refractivity contribution in [3.8, 4) is 11.5 Å². The smallest absolute Gasteiger partial charge is 0.335 e. The molecular formula is C25H15Br3Cl2N2O5. The summed E-state index contributed by atoms with van der Waals surface area (Å²) in [6, 6.07) is 12.5. The summed E-state index contributed by atoms with van der Waals surface area (Å²) in [5.74, 6) is -0.858. The van der Waals surface area contributed by atoms with E-state index in [2.05, 4.69) is 53.1 Å². The van der Waals surface area contributed by atoms with E-state index in [9.17, 15) is 14.4 Å². The van der Waals surface area contributed by atoms with Gasteiger partial charge in [0.25, 0.3) is 11.8 Å². The molecule has 1 N–H and O–H groups in total. The molecule has 0 aromatic heterocycles. The number of halogens is 5. The molecule has 12 heteroatoms. The van der Waals surface area contributed by atoms with Gasteiger partial charge in [0, 0.05) is 8.95 Å². The fourth-order valence-corrected chi connectivity index (χ4v) is 4.95. The summed E-state index contributed by atoms with van der Waals surface area (Å²) in [4.78, 5) is 39.2. The van der Waals surface area contributed by atoms with E-state index < -0.39 is 17.8 Å². The molecule has 0 aliphatic carbocycles. The Hall–Kier alpha value is -2.37. The molecular weight excluding hydrogens is 719 g/mol. The quantitative estimate of drug-likeness (QED) is 0.209. The molecule has 0 saturated carbocycles. The van der Waals surface area contributed by atoms with E-state index in [1.807, 2.05) is 0 Å². The van der Waals surface area contributed by atoms with E-state index in [-0.39, 0.29) is 12.2 Å². The normalized spacial score (nSPS) is 14.7. The van der Waals surface area contributed by atoms with Crippen LogP contribution < -0.4 is 19.7 Å². The summed E-state index contributed by atoms with van der Waals surface area (Å²) in [5, 5.41) is 3.05. The van der Waals surface area contributed by atoms with Gasteiger partial charge >= 0.3 is 6.03 Å². The number of imide groups is 2. The first-order valence-corrected chi connectivity index (χ1v) is 13.5. The zero-order chi connectivity index (χ0) is 26.9. The topological polar surface area (TPSA) is 84.9 Å². The number of hydrogen-bond acceptors (Lipinski definition) is 5. The van der Waals surface area contributed by atoms with Gasteiger partial charge in [-0.15, -0.1) is 0 Å². The largest absolute Gasteiger partial charge is 0.493 e. The number of rotatable bonds is 6. The minimum Gasteiger partial charge on any atom is -0.493 e. The SMILES string of the molecule is COc1cc(/C=C2\C(=O)NC(=O)N(c3ccc(Br)cc3)C2=O)c(Br)c(Br)c1OCc1ccc(Cl)c(Cl)c1. The van der Waals surface area contributed by atoms with E-state index in [1.165, 1.54) is 13.2 Å². The van der Waals surface area contributed by atoms with Crippen molar-refractivity contribution in [3.63, 3.8) is 0 Å². The molecule has 3 aromatic carbocycles. The van der Waals surface area contributed by atoms with Gasteiger partial charge in [0.15, 0.2) is 11.5 Å². The summed E-state index contributed by atoms with van der Waals surface area (Å²) < 4.78 is 13.2. The monoisotopic (exact) mass is 730 g/mol. The first-order chi connectivity index (χ1) is 17.6. The molecule has 1 fully saturated rings. The third kappa shape index (κ3) is 5.88. The van der Waals surface area contributed by atoms with Crippen LogP contribution in [0.1, 0.15) is 11.1 Å². The average molecular weight is 734 g/mol. The maximum Gasteiger partial charge on any atom is 0.335 e. The number of carbonyl (C=O) groups excluding carboxylic acids is 3. The minimum absolute atomic E-state index is 0.171. The van der Waals surface area contributed by atoms with Crippen LogP contribution in [0.5, 0.6) is 11.5 Å². The van der Waals surface area contributed by atoms with Crippen molar-refractivity contribution in [2.75, 3.05) is 12.0 Å². The lowest BCUT2D eigenvalue weighted by atomic mass is 10.1. The Bertz CT molecular complexity index is 1460. The second-order valence-corrected chi connectivity index (χ2v) is 10.9. The van der Waals surface area contributed by atoms with Crippen molar-refractivity contribution < 1.29 is 23.9 Å². The van der Waals surface area contributed by atoms with Crippen LogP contribution >= 0.6 is 71.0 Å². The number of anilines is 1. The predicted molar refractivity (Wildman–Crippen MR) is 152 cm³/mol. The first kappa shape index (κ1) is 27.7. The third-order valence-electron chi connectivity index (χ3n) is 5.23. The van der Waals surface area contributed by atoms with Crippen molar-refractivity contribution in [1.29, 1.82) is 0 Å². The maximum absolute atomic E-state index is 13.2. The molecule has 7 nitrogen and oxygen atoms in total. The number of nitrogens with one attached hydrogen (secondary N) is 1. The molecule has 3 aromatic rings. The Labute approximate surface area is 247 Å². The fourth-order valence-electron chi connectivity index (χ4n) is 3.42. The number of barbiturate groups is 1. The highest BCUT2D eigenvalue weighted by atomic mass is 79.9. The van der Waals surface area contributed by atoms with Gasteiger partial charge < -0.3 is 9.47 Å². The van der Waals surface area contributed by atoms with Gasteiger partial charge in [0.2, 0.25) is 0 Å². The minimum atomic E-state index is -0.835. The lowest BCUT2D eigenvalue weighted by molar-refractivity contribution is -0.122. The molecule has 4 amide bonds. The number of ether oxygens (including phenoxy) is 2. The van der Waals surface area contributed by atoms with Crippen molar-refractivity contribution in [2.45, 2.75) is 6.61 Å². The van der Waals surface area contributed by atoms with Crippen molar-refractivity contribution >= 4 is 101 Å². The second kappa shape index (κ2) is 11.6. The molecule has 1 aliphatic rings. The number of carbonyl (C=O) groups is 3. The molecule has 37 heavy (non-hydrogen) atoms. The van der Waals surface area contributed by atoms with Crippen molar-refractivity contribution in [1.82, 2.24) is 5.32 Å². The third-order valence-corrected chi connectivity index (χ3v) is 8.64. The number of amides is 4. The zero-order valence-corrected chi connectivity index (χ0v) is 25.1. The number of nitrogens with zero attached hydrogens (tertiary/aromatic N) is 1. The lowest BCUT2D eigenvalue weighted by Gasteiger charge is -2.26. The predicted octanol–water partition coefficient (Wildman–Crippen LogP) is 7.53. The molecule has 4 rings (SSSR count). The average Bonchev–Trinajstić information content (AvgIpc) is 2.86. The molecule has 0 bridgehead atoms. The number of urea groups is 1. The van der Waals surface area contributed by atoms with Crippen LogP contribution in [-0.2, 0) is 16.2 Å². The van der Waals surface area contributed by atoms with E-state index in [0.29, 0.717) is 41.7 Å². The second-order valence-electron chi connectivity index (χ2n) is 7.60. The van der Waals surface area contributed by atoms with Gasteiger partial charge in [0.05, 0.1) is 27.3 Å². The Morgan fingerprint density at radius 1 is 0.946 bits per heavy atom. The lowest BCUT2D eigenvalue weighted by Crippen LogP contribution is -2.54. The van der Waals surface area contributed by atoms with Crippen LogP contribution in [0.3, 0.4) is 0 Å². The maximum atomic E-state index is 13.2. The summed E-state index contributed by atoms with van der Waals surface area (Å²) in [6.45, 7) is 0.171. The van der Waals surface area contributed by atoms with Crippen LogP contribution in [0.2, 0.25) is 10.0 Å². The molecule has 1 heterocycles. The molecule has 0 radical (unpaired) electrons. The van der Waals surface area contributed by atoms with Gasteiger partial charge in [-0.05, 0) is 91.5 Å². The van der Waals surface area contributed by atoms with Crippen molar-refractivity contribution in [2.24, 2.45) is 0 Å².